The number of aliphatic hydroxyl groups excluding tert-OH is 2. The molecule has 0 saturated heterocycles. The maximum Gasteiger partial charge on any atom is 0.218 e. The molecule has 0 radical (unpaired) electrons. The first-order valence-electron chi connectivity index (χ1n) is 7.09. The Morgan fingerprint density at radius 1 is 1.45 bits per heavy atom. The lowest BCUT2D eigenvalue weighted by atomic mass is 9.90. The largest absolute Gasteiger partial charge is 0.497 e. The molecule has 0 aliphatic heterocycles. The first-order chi connectivity index (χ1) is 10.5. The summed E-state index contributed by atoms with van der Waals surface area (Å²) in [5, 5.41) is 31.0. The lowest BCUT2D eigenvalue weighted by Gasteiger charge is -2.30. The van der Waals surface area contributed by atoms with E-state index in [2.05, 4.69) is 5.32 Å². The first kappa shape index (κ1) is 18.0. The highest BCUT2D eigenvalue weighted by Crippen LogP contribution is 2.18. The number of hydrogen-bond acceptors (Lipinski definition) is 5. The van der Waals surface area contributed by atoms with Crippen LogP contribution in [0.4, 0.5) is 0 Å². The Balaban J connectivity index is 2.57. The molecule has 0 heterocycles. The van der Waals surface area contributed by atoms with E-state index in [0.717, 1.165) is 11.3 Å². The van der Waals surface area contributed by atoms with Gasteiger partial charge in [-0.25, -0.2) is 0 Å². The highest BCUT2D eigenvalue weighted by Gasteiger charge is 2.38. The van der Waals surface area contributed by atoms with Crippen LogP contribution in [0.5, 0.6) is 5.75 Å². The minimum Gasteiger partial charge on any atom is -0.497 e. The molecule has 0 aromatic heterocycles. The third-order valence-electron chi connectivity index (χ3n) is 3.52. The van der Waals surface area contributed by atoms with Gasteiger partial charge < -0.3 is 20.3 Å². The summed E-state index contributed by atoms with van der Waals surface area (Å²) in [5.41, 5.74) is -0.565. The Hall–Kier alpha value is -2.10. The Bertz CT molecular complexity index is 524. The number of methoxy groups -OCH3 is 1. The van der Waals surface area contributed by atoms with E-state index in [-0.39, 0.29) is 0 Å². The number of aryl methyl sites for hydroxylation is 1. The molecule has 0 spiro atoms. The van der Waals surface area contributed by atoms with Crippen molar-refractivity contribution in [2.45, 2.75) is 37.8 Å². The van der Waals surface area contributed by atoms with E-state index in [0.29, 0.717) is 19.3 Å². The monoisotopic (exact) mass is 306 g/mol. The van der Waals surface area contributed by atoms with Crippen molar-refractivity contribution in [3.63, 3.8) is 0 Å². The van der Waals surface area contributed by atoms with E-state index in [1.165, 1.54) is 6.92 Å². The summed E-state index contributed by atoms with van der Waals surface area (Å²) in [7, 11) is 1.60. The van der Waals surface area contributed by atoms with E-state index >= 15 is 0 Å². The standard InChI is InChI=1S/C16H22N2O4/c1-12(20)18-16(10-17,11-19)15(21)5-3-4-13-6-8-14(22-2)9-7-13/h6-9,15,19,21H,3-5,11H2,1-2H3,(H,18,20). The smallest absolute Gasteiger partial charge is 0.218 e. The number of nitriles is 1. The van der Waals surface area contributed by atoms with Gasteiger partial charge in [0.15, 0.2) is 5.54 Å². The van der Waals surface area contributed by atoms with Crippen molar-refractivity contribution in [2.75, 3.05) is 13.7 Å². The molecule has 0 aliphatic carbocycles. The van der Waals surface area contributed by atoms with Crippen LogP contribution in [0.2, 0.25) is 0 Å². The number of aliphatic hydroxyl groups is 2. The zero-order valence-corrected chi connectivity index (χ0v) is 12.9. The molecule has 0 bridgehead atoms. The minimum absolute atomic E-state index is 0.292. The van der Waals surface area contributed by atoms with Crippen molar-refractivity contribution < 1.29 is 19.7 Å². The highest BCUT2D eigenvalue weighted by atomic mass is 16.5. The number of nitrogens with zero attached hydrogens (tertiary/aromatic N) is 1. The zero-order chi connectivity index (χ0) is 16.6. The number of hydrogen-bond donors (Lipinski definition) is 3. The molecule has 0 fully saturated rings. The van der Waals surface area contributed by atoms with Crippen LogP contribution in [-0.2, 0) is 11.2 Å². The quantitative estimate of drug-likeness (QED) is 0.658. The summed E-state index contributed by atoms with van der Waals surface area (Å²) >= 11 is 0. The SMILES string of the molecule is COc1ccc(CCCC(O)C(C#N)(CO)NC(C)=O)cc1. The van der Waals surface area contributed by atoms with Gasteiger partial charge in [-0.3, -0.25) is 4.79 Å². The van der Waals surface area contributed by atoms with Crippen LogP contribution in [-0.4, -0.2) is 41.5 Å². The third-order valence-corrected chi connectivity index (χ3v) is 3.52. The molecule has 0 saturated carbocycles. The second-order valence-electron chi connectivity index (χ2n) is 5.18. The van der Waals surface area contributed by atoms with Gasteiger partial charge in [0.25, 0.3) is 0 Å². The molecule has 22 heavy (non-hydrogen) atoms. The van der Waals surface area contributed by atoms with E-state index in [9.17, 15) is 20.3 Å². The van der Waals surface area contributed by atoms with Crippen LogP contribution in [0.3, 0.4) is 0 Å². The van der Waals surface area contributed by atoms with Gasteiger partial charge in [-0.05, 0) is 37.0 Å². The molecule has 120 valence electrons. The second-order valence-corrected chi connectivity index (χ2v) is 5.18. The Morgan fingerprint density at radius 2 is 2.09 bits per heavy atom. The summed E-state index contributed by atoms with van der Waals surface area (Å²) < 4.78 is 5.08. The number of nitrogens with one attached hydrogen (secondary N) is 1. The van der Waals surface area contributed by atoms with Gasteiger partial charge >= 0.3 is 0 Å². The van der Waals surface area contributed by atoms with Crippen molar-refractivity contribution in [1.29, 1.82) is 5.26 Å². The minimum atomic E-state index is -1.65. The summed E-state index contributed by atoms with van der Waals surface area (Å²) in [6.07, 6.45) is 0.495. The van der Waals surface area contributed by atoms with Crippen LogP contribution in [0.25, 0.3) is 0 Å². The molecular weight excluding hydrogens is 284 g/mol. The van der Waals surface area contributed by atoms with Crippen molar-refractivity contribution in [3.05, 3.63) is 29.8 Å². The van der Waals surface area contributed by atoms with Gasteiger partial charge in [0.1, 0.15) is 5.75 Å². The summed E-state index contributed by atoms with van der Waals surface area (Å²) in [6.45, 7) is 0.610. The molecule has 1 aromatic rings. The average Bonchev–Trinajstić information content (AvgIpc) is 2.53. The average molecular weight is 306 g/mol. The van der Waals surface area contributed by atoms with Crippen molar-refractivity contribution in [2.24, 2.45) is 0 Å². The molecule has 6 heteroatoms. The van der Waals surface area contributed by atoms with E-state index < -0.39 is 24.2 Å². The molecule has 1 rings (SSSR count). The topological polar surface area (TPSA) is 103 Å². The summed E-state index contributed by atoms with van der Waals surface area (Å²) in [4.78, 5) is 11.1. The number of rotatable bonds is 8. The fourth-order valence-corrected chi connectivity index (χ4v) is 2.22. The van der Waals surface area contributed by atoms with E-state index in [1.54, 1.807) is 7.11 Å². The number of carbonyl (C=O) groups excluding carboxylic acids is 1. The van der Waals surface area contributed by atoms with E-state index in [1.807, 2.05) is 30.3 Å². The predicted octanol–water partition coefficient (Wildman–Crippen LogP) is 0.770. The normalized spacial score (nSPS) is 14.5. The summed E-state index contributed by atoms with van der Waals surface area (Å²) in [5.74, 6) is 0.308. The van der Waals surface area contributed by atoms with Crippen LogP contribution < -0.4 is 10.1 Å². The van der Waals surface area contributed by atoms with Gasteiger partial charge in [0, 0.05) is 6.92 Å². The molecule has 1 amide bonds. The Morgan fingerprint density at radius 3 is 2.55 bits per heavy atom. The van der Waals surface area contributed by atoms with Crippen LogP contribution in [0.15, 0.2) is 24.3 Å². The van der Waals surface area contributed by atoms with Gasteiger partial charge in [0.2, 0.25) is 5.91 Å². The lowest BCUT2D eigenvalue weighted by Crippen LogP contribution is -2.58. The zero-order valence-electron chi connectivity index (χ0n) is 12.9. The highest BCUT2D eigenvalue weighted by molar-refractivity contribution is 5.74. The molecule has 0 aliphatic rings. The Kier molecular flexibility index (Phi) is 6.83. The Labute approximate surface area is 130 Å². The maximum atomic E-state index is 11.1. The fraction of sp³-hybridized carbons (Fsp3) is 0.500. The number of ether oxygens (including phenoxy) is 1. The molecule has 2 unspecified atom stereocenters. The van der Waals surface area contributed by atoms with Gasteiger partial charge in [-0.2, -0.15) is 5.26 Å². The van der Waals surface area contributed by atoms with Gasteiger partial charge in [0.05, 0.1) is 25.9 Å². The molecule has 1 aromatic carbocycles. The third kappa shape index (κ3) is 4.72. The molecule has 2 atom stereocenters. The number of benzene rings is 1. The number of amides is 1. The molecule has 6 nitrogen and oxygen atoms in total. The van der Waals surface area contributed by atoms with Crippen molar-refractivity contribution >= 4 is 5.91 Å². The summed E-state index contributed by atoms with van der Waals surface area (Å²) in [6, 6.07) is 9.39. The van der Waals surface area contributed by atoms with Gasteiger partial charge in [-0.15, -0.1) is 0 Å². The van der Waals surface area contributed by atoms with E-state index in [4.69, 9.17) is 4.74 Å². The maximum absolute atomic E-state index is 11.1. The van der Waals surface area contributed by atoms with Crippen LogP contribution in [0, 0.1) is 11.3 Å². The second kappa shape index (κ2) is 8.37. The lowest BCUT2D eigenvalue weighted by molar-refractivity contribution is -0.122. The van der Waals surface area contributed by atoms with Crippen molar-refractivity contribution in [1.82, 2.24) is 5.32 Å². The van der Waals surface area contributed by atoms with Crippen molar-refractivity contribution in [3.8, 4) is 11.8 Å². The molecule has 3 N–H and O–H groups in total. The first-order valence-corrected chi connectivity index (χ1v) is 7.09. The van der Waals surface area contributed by atoms with Crippen LogP contribution >= 0.6 is 0 Å². The van der Waals surface area contributed by atoms with Crippen LogP contribution in [0.1, 0.15) is 25.3 Å². The van der Waals surface area contributed by atoms with Gasteiger partial charge in [-0.1, -0.05) is 12.1 Å². The fourth-order valence-electron chi connectivity index (χ4n) is 2.22. The number of carbonyl (C=O) groups is 1. The predicted molar refractivity (Wildman–Crippen MR) is 81.2 cm³/mol. The molecular formula is C16H22N2O4.